The molecule has 0 aliphatic carbocycles. The quantitative estimate of drug-likeness (QED) is 0.720. The zero-order valence-corrected chi connectivity index (χ0v) is 8.14. The van der Waals surface area contributed by atoms with E-state index in [4.69, 9.17) is 0 Å². The molecule has 0 fully saturated rings. The van der Waals surface area contributed by atoms with E-state index in [0.29, 0.717) is 5.78 Å². The van der Waals surface area contributed by atoms with E-state index in [-0.39, 0.29) is 0 Å². The van der Waals surface area contributed by atoms with Gasteiger partial charge in [-0.2, -0.15) is 10.1 Å². The number of nitrogens with zero attached hydrogens (tertiary/aromatic N) is 4. The van der Waals surface area contributed by atoms with E-state index in [1.807, 2.05) is 12.4 Å². The molecule has 1 N–H and O–H groups in total. The normalized spacial score (nSPS) is 10.9. The first kappa shape index (κ1) is 9.08. The predicted octanol–water partition coefficient (Wildman–Crippen LogP) is 0.624. The molecule has 2 aromatic rings. The van der Waals surface area contributed by atoms with Gasteiger partial charge in [0.25, 0.3) is 5.78 Å². The fraction of sp³-hybridized carbons (Fsp3) is 0.444. The van der Waals surface area contributed by atoms with Crippen LogP contribution in [0.2, 0.25) is 0 Å². The van der Waals surface area contributed by atoms with E-state index < -0.39 is 0 Å². The van der Waals surface area contributed by atoms with Gasteiger partial charge in [0.1, 0.15) is 6.33 Å². The van der Waals surface area contributed by atoms with Crippen LogP contribution in [-0.2, 0) is 6.54 Å². The molecule has 0 spiro atoms. The molecule has 0 amide bonds. The maximum absolute atomic E-state index is 4.17. The monoisotopic (exact) mass is 191 g/mol. The molecule has 0 saturated carbocycles. The summed E-state index contributed by atoms with van der Waals surface area (Å²) in [6, 6.07) is 0. The molecule has 2 rings (SSSR count). The third-order valence-electron chi connectivity index (χ3n) is 1.94. The van der Waals surface area contributed by atoms with Crippen molar-refractivity contribution in [2.24, 2.45) is 0 Å². The van der Waals surface area contributed by atoms with E-state index in [0.717, 1.165) is 25.1 Å². The van der Waals surface area contributed by atoms with Crippen LogP contribution in [0.15, 0.2) is 18.7 Å². The van der Waals surface area contributed by atoms with Crippen molar-refractivity contribution < 1.29 is 0 Å². The maximum atomic E-state index is 4.17. The predicted molar refractivity (Wildman–Crippen MR) is 52.8 cm³/mol. The van der Waals surface area contributed by atoms with E-state index in [1.54, 1.807) is 4.52 Å². The largest absolute Gasteiger partial charge is 0.313 e. The second-order valence-electron chi connectivity index (χ2n) is 3.14. The summed E-state index contributed by atoms with van der Waals surface area (Å²) in [6.07, 6.45) is 6.41. The molecule has 0 bridgehead atoms. The first-order valence-electron chi connectivity index (χ1n) is 4.75. The van der Waals surface area contributed by atoms with Crippen LogP contribution in [0, 0.1) is 0 Å². The number of fused-ring (bicyclic) bond motifs is 1. The van der Waals surface area contributed by atoms with Crippen molar-refractivity contribution in [2.45, 2.75) is 19.9 Å². The molecule has 74 valence electrons. The Kier molecular flexibility index (Phi) is 2.69. The highest BCUT2D eigenvalue weighted by molar-refractivity contribution is 5.25. The SMILES string of the molecule is CCCNCc1cnc2ncnn2c1. The summed E-state index contributed by atoms with van der Waals surface area (Å²) < 4.78 is 1.68. The second kappa shape index (κ2) is 4.15. The van der Waals surface area contributed by atoms with Crippen LogP contribution in [0.4, 0.5) is 0 Å². The van der Waals surface area contributed by atoms with Crippen molar-refractivity contribution in [2.75, 3.05) is 6.54 Å². The van der Waals surface area contributed by atoms with Crippen molar-refractivity contribution in [3.8, 4) is 0 Å². The summed E-state index contributed by atoms with van der Waals surface area (Å²) in [6.45, 7) is 4.00. The van der Waals surface area contributed by atoms with Crippen molar-refractivity contribution in [3.05, 3.63) is 24.3 Å². The van der Waals surface area contributed by atoms with Gasteiger partial charge in [0.05, 0.1) is 0 Å². The smallest absolute Gasteiger partial charge is 0.252 e. The van der Waals surface area contributed by atoms with Crippen molar-refractivity contribution in [1.82, 2.24) is 24.9 Å². The Hall–Kier alpha value is -1.49. The first-order chi connectivity index (χ1) is 6.90. The number of nitrogens with one attached hydrogen (secondary N) is 1. The zero-order chi connectivity index (χ0) is 9.80. The van der Waals surface area contributed by atoms with Gasteiger partial charge in [-0.25, -0.2) is 9.50 Å². The summed E-state index contributed by atoms with van der Waals surface area (Å²) in [5.74, 6) is 0.643. The molecular weight excluding hydrogens is 178 g/mol. The van der Waals surface area contributed by atoms with Crippen LogP contribution >= 0.6 is 0 Å². The maximum Gasteiger partial charge on any atom is 0.252 e. The van der Waals surface area contributed by atoms with Crippen LogP contribution in [0.5, 0.6) is 0 Å². The lowest BCUT2D eigenvalue weighted by Crippen LogP contribution is -2.14. The van der Waals surface area contributed by atoms with E-state index in [9.17, 15) is 0 Å². The molecule has 0 aromatic carbocycles. The van der Waals surface area contributed by atoms with Gasteiger partial charge in [-0.1, -0.05) is 6.92 Å². The minimum absolute atomic E-state index is 0.643. The van der Waals surface area contributed by atoms with Gasteiger partial charge < -0.3 is 5.32 Å². The number of aromatic nitrogens is 4. The lowest BCUT2D eigenvalue weighted by Gasteiger charge is -2.02. The Labute approximate surface area is 82.2 Å². The van der Waals surface area contributed by atoms with Gasteiger partial charge in [0, 0.05) is 24.5 Å². The molecule has 0 unspecified atom stereocenters. The number of hydrogen-bond donors (Lipinski definition) is 1. The van der Waals surface area contributed by atoms with Gasteiger partial charge >= 0.3 is 0 Å². The molecule has 2 aromatic heterocycles. The standard InChI is InChI=1S/C9H13N5/c1-2-3-10-4-8-5-11-9-12-7-13-14(9)6-8/h5-7,10H,2-4H2,1H3. The van der Waals surface area contributed by atoms with Gasteiger partial charge in [-0.3, -0.25) is 0 Å². The fourth-order valence-corrected chi connectivity index (χ4v) is 1.26. The molecule has 0 saturated heterocycles. The summed E-state index contributed by atoms with van der Waals surface area (Å²) in [4.78, 5) is 8.15. The minimum atomic E-state index is 0.643. The fourth-order valence-electron chi connectivity index (χ4n) is 1.26. The third kappa shape index (κ3) is 1.88. The lowest BCUT2D eigenvalue weighted by molar-refractivity contribution is 0.669. The highest BCUT2D eigenvalue weighted by Crippen LogP contribution is 1.98. The van der Waals surface area contributed by atoms with E-state index in [1.165, 1.54) is 6.33 Å². The summed E-state index contributed by atoms with van der Waals surface area (Å²) in [5, 5.41) is 7.33. The Morgan fingerprint density at radius 2 is 2.36 bits per heavy atom. The Morgan fingerprint density at radius 1 is 1.43 bits per heavy atom. The summed E-state index contributed by atoms with van der Waals surface area (Å²) >= 11 is 0. The molecule has 14 heavy (non-hydrogen) atoms. The van der Waals surface area contributed by atoms with Gasteiger partial charge in [-0.05, 0) is 13.0 Å². The molecule has 0 atom stereocenters. The molecule has 5 nitrogen and oxygen atoms in total. The van der Waals surface area contributed by atoms with Crippen LogP contribution in [0.25, 0.3) is 5.78 Å². The number of hydrogen-bond acceptors (Lipinski definition) is 4. The van der Waals surface area contributed by atoms with Gasteiger partial charge in [0.2, 0.25) is 0 Å². The van der Waals surface area contributed by atoms with E-state index in [2.05, 4.69) is 27.3 Å². The van der Waals surface area contributed by atoms with Crippen LogP contribution in [-0.4, -0.2) is 26.1 Å². The van der Waals surface area contributed by atoms with Crippen LogP contribution in [0.3, 0.4) is 0 Å². The third-order valence-corrected chi connectivity index (χ3v) is 1.94. The van der Waals surface area contributed by atoms with E-state index >= 15 is 0 Å². The van der Waals surface area contributed by atoms with Crippen molar-refractivity contribution in [1.29, 1.82) is 0 Å². The number of rotatable bonds is 4. The Bertz CT molecular complexity index is 408. The average Bonchev–Trinajstić information content (AvgIpc) is 2.65. The second-order valence-corrected chi connectivity index (χ2v) is 3.14. The molecular formula is C9H13N5. The first-order valence-corrected chi connectivity index (χ1v) is 4.75. The molecule has 2 heterocycles. The molecule has 0 aliphatic rings. The van der Waals surface area contributed by atoms with Crippen molar-refractivity contribution >= 4 is 5.78 Å². The molecule has 0 aliphatic heterocycles. The average molecular weight is 191 g/mol. The summed E-state index contributed by atoms with van der Waals surface area (Å²) in [7, 11) is 0. The van der Waals surface area contributed by atoms with Crippen LogP contribution in [0.1, 0.15) is 18.9 Å². The van der Waals surface area contributed by atoms with Crippen molar-refractivity contribution in [3.63, 3.8) is 0 Å². The Balaban J connectivity index is 2.10. The topological polar surface area (TPSA) is 55.1 Å². The molecule has 5 heteroatoms. The lowest BCUT2D eigenvalue weighted by atomic mass is 10.3. The highest BCUT2D eigenvalue weighted by Gasteiger charge is 1.97. The minimum Gasteiger partial charge on any atom is -0.313 e. The van der Waals surface area contributed by atoms with Crippen LogP contribution < -0.4 is 5.32 Å². The molecule has 0 radical (unpaired) electrons. The zero-order valence-electron chi connectivity index (χ0n) is 8.14. The Morgan fingerprint density at radius 3 is 3.21 bits per heavy atom. The highest BCUT2D eigenvalue weighted by atomic mass is 15.3. The van der Waals surface area contributed by atoms with Gasteiger partial charge in [0.15, 0.2) is 0 Å². The summed E-state index contributed by atoms with van der Waals surface area (Å²) in [5.41, 5.74) is 1.12. The van der Waals surface area contributed by atoms with Gasteiger partial charge in [-0.15, -0.1) is 0 Å².